The van der Waals surface area contributed by atoms with Crippen molar-refractivity contribution in [1.82, 2.24) is 0 Å². The van der Waals surface area contributed by atoms with Gasteiger partial charge in [-0.3, -0.25) is 0 Å². The summed E-state index contributed by atoms with van der Waals surface area (Å²) in [6.07, 6.45) is 0. The second kappa shape index (κ2) is 15.1. The highest BCUT2D eigenvalue weighted by molar-refractivity contribution is 6.79. The summed E-state index contributed by atoms with van der Waals surface area (Å²) in [5, 5.41) is 1.29. The van der Waals surface area contributed by atoms with E-state index in [2.05, 4.69) is 205 Å². The standard InChI is InChI=1S/C50H50N2Si/c1-32-20-33(2)25-40(24-32)45-16-12-17-46(41-26-34(3)21-35(4)27-41)49(45)51-53(44-14-10-9-11-15-44)52-50-47(42-28-36(5)22-37(6)29-42)18-13-19-48(50)43-30-38(7)23-39(8)31-43/h9-31,51-53H,1-8H3. The summed E-state index contributed by atoms with van der Waals surface area (Å²) in [6.45, 7) is 17.5. The Morgan fingerprint density at radius 1 is 0.302 bits per heavy atom. The number of nitrogens with one attached hydrogen (secondary N) is 2. The minimum atomic E-state index is -2.25. The van der Waals surface area contributed by atoms with Gasteiger partial charge in [0, 0.05) is 33.6 Å². The lowest BCUT2D eigenvalue weighted by Crippen LogP contribution is -2.46. The first-order chi connectivity index (χ1) is 25.5. The fraction of sp³-hybridized carbons (Fsp3) is 0.160. The fourth-order valence-electron chi connectivity index (χ4n) is 8.04. The Hall–Kier alpha value is -5.64. The molecule has 0 amide bonds. The van der Waals surface area contributed by atoms with E-state index >= 15 is 0 Å². The van der Waals surface area contributed by atoms with E-state index in [1.807, 2.05) is 0 Å². The molecule has 0 aliphatic rings. The van der Waals surface area contributed by atoms with Gasteiger partial charge in [0.25, 0.3) is 9.12 Å². The Morgan fingerprint density at radius 2 is 0.566 bits per heavy atom. The maximum atomic E-state index is 4.29. The number of rotatable bonds is 9. The smallest absolute Gasteiger partial charge is 0.276 e. The van der Waals surface area contributed by atoms with Gasteiger partial charge < -0.3 is 9.96 Å². The summed E-state index contributed by atoms with van der Waals surface area (Å²) in [6, 6.07) is 52.1. The number of para-hydroxylation sites is 2. The lowest BCUT2D eigenvalue weighted by atomic mass is 9.93. The highest BCUT2D eigenvalue weighted by Gasteiger charge is 2.24. The summed E-state index contributed by atoms with van der Waals surface area (Å²) in [7, 11) is -2.25. The van der Waals surface area contributed by atoms with Crippen LogP contribution in [0.25, 0.3) is 44.5 Å². The van der Waals surface area contributed by atoms with Crippen molar-refractivity contribution in [2.45, 2.75) is 55.4 Å². The van der Waals surface area contributed by atoms with Crippen LogP contribution in [0.2, 0.25) is 0 Å². The summed E-state index contributed by atoms with van der Waals surface area (Å²) in [5.74, 6) is 0. The van der Waals surface area contributed by atoms with E-state index < -0.39 is 9.12 Å². The van der Waals surface area contributed by atoms with E-state index in [0.29, 0.717) is 0 Å². The number of benzene rings is 7. The molecule has 0 aliphatic heterocycles. The van der Waals surface area contributed by atoms with Gasteiger partial charge >= 0.3 is 0 Å². The van der Waals surface area contributed by atoms with E-state index in [-0.39, 0.29) is 0 Å². The third kappa shape index (κ3) is 8.06. The molecule has 0 atom stereocenters. The second-order valence-electron chi connectivity index (χ2n) is 15.1. The van der Waals surface area contributed by atoms with Crippen molar-refractivity contribution >= 4 is 25.7 Å². The summed E-state index contributed by atoms with van der Waals surface area (Å²) in [5.41, 5.74) is 22.2. The fourth-order valence-corrected chi connectivity index (χ4v) is 10.2. The molecule has 0 heterocycles. The molecule has 7 aromatic carbocycles. The monoisotopic (exact) mass is 706 g/mol. The average molecular weight is 707 g/mol. The van der Waals surface area contributed by atoms with E-state index in [4.69, 9.17) is 0 Å². The molecular formula is C50H50N2Si. The predicted molar refractivity (Wildman–Crippen MR) is 233 cm³/mol. The normalized spacial score (nSPS) is 11.2. The highest BCUT2D eigenvalue weighted by atomic mass is 28.3. The number of aryl methyl sites for hydroxylation is 8. The zero-order valence-corrected chi connectivity index (χ0v) is 33.5. The van der Waals surface area contributed by atoms with Crippen LogP contribution in [0.1, 0.15) is 44.5 Å². The van der Waals surface area contributed by atoms with Gasteiger partial charge in [-0.25, -0.2) is 0 Å². The molecule has 0 saturated carbocycles. The predicted octanol–water partition coefficient (Wildman–Crippen LogP) is 12.5. The van der Waals surface area contributed by atoms with Crippen molar-refractivity contribution in [2.24, 2.45) is 0 Å². The second-order valence-corrected chi connectivity index (χ2v) is 17.2. The van der Waals surface area contributed by atoms with Crippen molar-refractivity contribution in [1.29, 1.82) is 0 Å². The van der Waals surface area contributed by atoms with Gasteiger partial charge in [0.05, 0.1) is 0 Å². The SMILES string of the molecule is Cc1cc(C)cc(-c2cccc(-c3cc(C)cc(C)c3)c2N[SiH](Nc2c(-c3cc(C)cc(C)c3)cccc2-c2cc(C)cc(C)c2)c2ccccc2)c1. The van der Waals surface area contributed by atoms with Crippen LogP contribution < -0.4 is 15.2 Å². The van der Waals surface area contributed by atoms with Crippen LogP contribution in [0, 0.1) is 55.4 Å². The molecule has 0 bridgehead atoms. The van der Waals surface area contributed by atoms with Crippen LogP contribution in [-0.2, 0) is 0 Å². The maximum Gasteiger partial charge on any atom is 0.276 e. The van der Waals surface area contributed by atoms with Crippen molar-refractivity contribution in [3.05, 3.63) is 184 Å². The average Bonchev–Trinajstić information content (AvgIpc) is 3.10. The van der Waals surface area contributed by atoms with Gasteiger partial charge in [-0.2, -0.15) is 0 Å². The largest absolute Gasteiger partial charge is 0.392 e. The zero-order chi connectivity index (χ0) is 37.2. The van der Waals surface area contributed by atoms with Crippen molar-refractivity contribution < 1.29 is 0 Å². The molecule has 2 nitrogen and oxygen atoms in total. The molecule has 0 aliphatic carbocycles. The molecule has 264 valence electrons. The van der Waals surface area contributed by atoms with E-state index in [9.17, 15) is 0 Å². The zero-order valence-electron chi connectivity index (χ0n) is 32.4. The quantitative estimate of drug-likeness (QED) is 0.146. The van der Waals surface area contributed by atoms with E-state index in [1.165, 1.54) is 94.2 Å². The minimum Gasteiger partial charge on any atom is -0.392 e. The Balaban J connectivity index is 1.47. The molecule has 3 heteroatoms. The van der Waals surface area contributed by atoms with Crippen LogP contribution in [0.15, 0.2) is 140 Å². The number of hydrogen-bond donors (Lipinski definition) is 2. The van der Waals surface area contributed by atoms with Crippen molar-refractivity contribution in [3.8, 4) is 44.5 Å². The van der Waals surface area contributed by atoms with Gasteiger partial charge in [-0.05, 0) is 82.8 Å². The molecule has 7 aromatic rings. The Morgan fingerprint density at radius 3 is 0.830 bits per heavy atom. The maximum absolute atomic E-state index is 4.29. The Labute approximate surface area is 318 Å². The van der Waals surface area contributed by atoms with Gasteiger partial charge in [-0.15, -0.1) is 0 Å². The molecule has 0 radical (unpaired) electrons. The third-order valence-electron chi connectivity index (χ3n) is 9.97. The number of hydrogen-bond acceptors (Lipinski definition) is 2. The van der Waals surface area contributed by atoms with Crippen LogP contribution in [0.3, 0.4) is 0 Å². The molecule has 0 spiro atoms. The topological polar surface area (TPSA) is 24.1 Å². The van der Waals surface area contributed by atoms with Gasteiger partial charge in [-0.1, -0.05) is 184 Å². The summed E-state index contributed by atoms with van der Waals surface area (Å²) < 4.78 is 0. The van der Waals surface area contributed by atoms with Crippen LogP contribution >= 0.6 is 0 Å². The Kier molecular flexibility index (Phi) is 10.2. The lowest BCUT2D eigenvalue weighted by molar-refractivity contribution is 1.37. The first-order valence-corrected chi connectivity index (χ1v) is 20.4. The highest BCUT2D eigenvalue weighted by Crippen LogP contribution is 2.41. The molecule has 0 aromatic heterocycles. The van der Waals surface area contributed by atoms with E-state index in [1.54, 1.807) is 0 Å². The van der Waals surface area contributed by atoms with Gasteiger partial charge in [0.1, 0.15) is 0 Å². The molecule has 7 rings (SSSR count). The van der Waals surface area contributed by atoms with E-state index in [0.717, 1.165) is 11.4 Å². The van der Waals surface area contributed by atoms with Crippen molar-refractivity contribution in [3.63, 3.8) is 0 Å². The molecule has 0 unspecified atom stereocenters. The molecule has 53 heavy (non-hydrogen) atoms. The number of anilines is 2. The van der Waals surface area contributed by atoms with Crippen LogP contribution in [0.5, 0.6) is 0 Å². The molecule has 2 N–H and O–H groups in total. The lowest BCUT2D eigenvalue weighted by Gasteiger charge is -2.28. The van der Waals surface area contributed by atoms with Crippen molar-refractivity contribution in [2.75, 3.05) is 9.96 Å². The molecule has 0 saturated heterocycles. The van der Waals surface area contributed by atoms with Gasteiger partial charge in [0.15, 0.2) is 0 Å². The minimum absolute atomic E-state index is 1.16. The van der Waals surface area contributed by atoms with Gasteiger partial charge in [0.2, 0.25) is 0 Å². The molecular weight excluding hydrogens is 657 g/mol. The first-order valence-electron chi connectivity index (χ1n) is 18.7. The van der Waals surface area contributed by atoms with Crippen LogP contribution in [0.4, 0.5) is 11.4 Å². The third-order valence-corrected chi connectivity index (χ3v) is 12.2. The first kappa shape index (κ1) is 35.7. The Bertz CT molecular complexity index is 2070. The van der Waals surface area contributed by atoms with Crippen LogP contribution in [-0.4, -0.2) is 9.12 Å². The molecule has 0 fully saturated rings. The summed E-state index contributed by atoms with van der Waals surface area (Å²) >= 11 is 0. The summed E-state index contributed by atoms with van der Waals surface area (Å²) in [4.78, 5) is 8.57.